The number of ether oxygens (including phenoxy) is 1. The first-order valence-corrected chi connectivity index (χ1v) is 8.65. The Balaban J connectivity index is 1.70. The van der Waals surface area contributed by atoms with E-state index in [0.29, 0.717) is 28.2 Å². The van der Waals surface area contributed by atoms with Crippen molar-refractivity contribution in [1.29, 1.82) is 0 Å². The third kappa shape index (κ3) is 3.80. The third-order valence-electron chi connectivity index (χ3n) is 3.62. The first kappa shape index (κ1) is 17.0. The number of nitrogens with zero attached hydrogens (tertiary/aromatic N) is 2. The van der Waals surface area contributed by atoms with E-state index in [9.17, 15) is 14.7 Å². The van der Waals surface area contributed by atoms with Crippen LogP contribution in [0.1, 0.15) is 12.2 Å². The van der Waals surface area contributed by atoms with E-state index >= 15 is 0 Å². The predicted molar refractivity (Wildman–Crippen MR) is 91.2 cm³/mol. The lowest BCUT2D eigenvalue weighted by atomic mass is 10.3. The molecule has 2 aliphatic rings. The van der Waals surface area contributed by atoms with Crippen molar-refractivity contribution < 1.29 is 23.8 Å². The van der Waals surface area contributed by atoms with Crippen LogP contribution in [0, 0.1) is 0 Å². The van der Waals surface area contributed by atoms with Crippen molar-refractivity contribution in [2.45, 2.75) is 6.42 Å². The highest BCUT2D eigenvalue weighted by Gasteiger charge is 2.32. The molecule has 24 heavy (non-hydrogen) atoms. The van der Waals surface area contributed by atoms with Gasteiger partial charge in [-0.05, 0) is 6.07 Å². The molecule has 2 aliphatic heterocycles. The second-order valence-electron chi connectivity index (χ2n) is 5.23. The van der Waals surface area contributed by atoms with Gasteiger partial charge in [0.25, 0.3) is 5.91 Å². The SMILES string of the molecule is O=C([O-])CCN1C(=O)/C(=C\c2ccc(N3CCOCC3)o2)SC1=S. The molecule has 0 saturated carbocycles. The van der Waals surface area contributed by atoms with Crippen LogP contribution in [-0.4, -0.2) is 53.9 Å². The van der Waals surface area contributed by atoms with Gasteiger partial charge in [0.1, 0.15) is 10.1 Å². The summed E-state index contributed by atoms with van der Waals surface area (Å²) in [7, 11) is 0. The van der Waals surface area contributed by atoms with Gasteiger partial charge in [0.15, 0.2) is 5.88 Å². The second-order valence-corrected chi connectivity index (χ2v) is 6.91. The maximum absolute atomic E-state index is 12.3. The summed E-state index contributed by atoms with van der Waals surface area (Å²) in [6.45, 7) is 2.86. The maximum Gasteiger partial charge on any atom is 0.266 e. The van der Waals surface area contributed by atoms with Crippen LogP contribution in [0.4, 0.5) is 5.88 Å². The van der Waals surface area contributed by atoms with E-state index in [2.05, 4.69) is 4.90 Å². The Kier molecular flexibility index (Phi) is 5.22. The monoisotopic (exact) mass is 367 g/mol. The fourth-order valence-electron chi connectivity index (χ4n) is 2.40. The van der Waals surface area contributed by atoms with Gasteiger partial charge in [0, 0.05) is 44.2 Å². The smallest absolute Gasteiger partial charge is 0.266 e. The predicted octanol–water partition coefficient (Wildman–Crippen LogP) is 0.457. The fourth-order valence-corrected chi connectivity index (χ4v) is 3.69. The summed E-state index contributed by atoms with van der Waals surface area (Å²) in [6.07, 6.45) is 1.38. The normalized spacial score (nSPS) is 20.2. The summed E-state index contributed by atoms with van der Waals surface area (Å²) >= 11 is 6.27. The lowest BCUT2D eigenvalue weighted by Gasteiger charge is -2.26. The zero-order chi connectivity index (χ0) is 17.1. The number of anilines is 1. The van der Waals surface area contributed by atoms with Crippen molar-refractivity contribution in [3.63, 3.8) is 0 Å². The minimum atomic E-state index is -1.21. The average Bonchev–Trinajstić information content (AvgIpc) is 3.13. The molecule has 3 rings (SSSR count). The Morgan fingerprint density at radius 2 is 2.12 bits per heavy atom. The minimum Gasteiger partial charge on any atom is -0.550 e. The molecule has 0 N–H and O–H groups in total. The summed E-state index contributed by atoms with van der Waals surface area (Å²) < 4.78 is 11.4. The first-order chi connectivity index (χ1) is 11.5. The van der Waals surface area contributed by atoms with Crippen LogP contribution >= 0.6 is 24.0 Å². The average molecular weight is 367 g/mol. The van der Waals surface area contributed by atoms with Gasteiger partial charge in [-0.2, -0.15) is 0 Å². The Morgan fingerprint density at radius 1 is 1.38 bits per heavy atom. The van der Waals surface area contributed by atoms with Gasteiger partial charge >= 0.3 is 0 Å². The molecule has 7 nitrogen and oxygen atoms in total. The number of thiocarbonyl (C=S) groups is 1. The molecule has 0 spiro atoms. The lowest BCUT2D eigenvalue weighted by molar-refractivity contribution is -0.305. The van der Waals surface area contributed by atoms with E-state index in [1.165, 1.54) is 4.90 Å². The number of rotatable bonds is 5. The van der Waals surface area contributed by atoms with Crippen LogP contribution in [0.3, 0.4) is 0 Å². The van der Waals surface area contributed by atoms with Crippen LogP contribution < -0.4 is 10.0 Å². The number of carbonyl (C=O) groups excluding carboxylic acids is 2. The molecule has 2 saturated heterocycles. The molecule has 0 radical (unpaired) electrons. The number of carbonyl (C=O) groups is 2. The number of thioether (sulfide) groups is 1. The van der Waals surface area contributed by atoms with Crippen LogP contribution in [0.15, 0.2) is 21.5 Å². The van der Waals surface area contributed by atoms with Crippen LogP contribution in [0.5, 0.6) is 0 Å². The van der Waals surface area contributed by atoms with Crippen molar-refractivity contribution in [2.24, 2.45) is 0 Å². The molecule has 0 bridgehead atoms. The first-order valence-electron chi connectivity index (χ1n) is 7.42. The molecule has 3 heterocycles. The molecule has 1 aromatic rings. The zero-order valence-corrected chi connectivity index (χ0v) is 14.4. The molecule has 9 heteroatoms. The molecular formula is C15H15N2O5S2-. The number of amides is 1. The molecule has 0 unspecified atom stereocenters. The van der Waals surface area contributed by atoms with Crippen molar-refractivity contribution >= 4 is 52.1 Å². The quantitative estimate of drug-likeness (QED) is 0.548. The summed E-state index contributed by atoms with van der Waals surface area (Å²) in [5.74, 6) is -0.237. The summed E-state index contributed by atoms with van der Waals surface area (Å²) in [5.41, 5.74) is 0. The van der Waals surface area contributed by atoms with Crippen LogP contribution in [-0.2, 0) is 14.3 Å². The van der Waals surface area contributed by atoms with Gasteiger partial charge in [0.05, 0.1) is 18.1 Å². The largest absolute Gasteiger partial charge is 0.550 e. The zero-order valence-electron chi connectivity index (χ0n) is 12.7. The van der Waals surface area contributed by atoms with Gasteiger partial charge in [-0.3, -0.25) is 9.69 Å². The molecule has 2 fully saturated rings. The van der Waals surface area contributed by atoms with Crippen molar-refractivity contribution in [3.05, 3.63) is 22.8 Å². The van der Waals surface area contributed by atoms with E-state index in [4.69, 9.17) is 21.4 Å². The van der Waals surface area contributed by atoms with Gasteiger partial charge < -0.3 is 24.0 Å². The molecule has 128 valence electrons. The van der Waals surface area contributed by atoms with Crippen molar-refractivity contribution in [1.82, 2.24) is 4.90 Å². The van der Waals surface area contributed by atoms with Crippen molar-refractivity contribution in [2.75, 3.05) is 37.7 Å². The number of hydrogen-bond acceptors (Lipinski definition) is 8. The molecule has 0 aliphatic carbocycles. The van der Waals surface area contributed by atoms with Crippen molar-refractivity contribution in [3.8, 4) is 0 Å². The number of aliphatic carboxylic acids is 1. The highest BCUT2D eigenvalue weighted by molar-refractivity contribution is 8.26. The standard InChI is InChI=1S/C15H16N2O5S2/c18-13(19)3-4-17-14(20)11(24-15(17)23)9-10-1-2-12(22-10)16-5-7-21-8-6-16/h1-2,9H,3-8H2,(H,18,19)/p-1/b11-9+. The van der Waals surface area contributed by atoms with Crippen LogP contribution in [0.2, 0.25) is 0 Å². The van der Waals surface area contributed by atoms with Gasteiger partial charge in [-0.1, -0.05) is 24.0 Å². The van der Waals surface area contributed by atoms with E-state index in [-0.39, 0.29) is 18.9 Å². The van der Waals surface area contributed by atoms with Gasteiger partial charge in [0.2, 0.25) is 0 Å². The van der Waals surface area contributed by atoms with E-state index in [1.54, 1.807) is 12.1 Å². The number of furan rings is 1. The Morgan fingerprint density at radius 3 is 2.83 bits per heavy atom. The number of carboxylic acid groups (broad SMARTS) is 1. The van der Waals surface area contributed by atoms with E-state index in [1.807, 2.05) is 6.07 Å². The minimum absolute atomic E-state index is 0.0154. The molecular weight excluding hydrogens is 352 g/mol. The third-order valence-corrected chi connectivity index (χ3v) is 5.00. The number of hydrogen-bond donors (Lipinski definition) is 0. The molecule has 1 amide bonds. The van der Waals surface area contributed by atoms with Gasteiger partial charge in [-0.25, -0.2) is 0 Å². The highest BCUT2D eigenvalue weighted by Crippen LogP contribution is 2.33. The fraction of sp³-hybridized carbons (Fsp3) is 0.400. The Bertz CT molecular complexity index is 694. The van der Waals surface area contributed by atoms with Gasteiger partial charge in [-0.15, -0.1) is 0 Å². The Hall–Kier alpha value is -1.84. The topological polar surface area (TPSA) is 86.0 Å². The summed E-state index contributed by atoms with van der Waals surface area (Å²) in [6, 6.07) is 3.65. The second kappa shape index (κ2) is 7.37. The molecule has 0 atom stereocenters. The number of morpholine rings is 1. The summed E-state index contributed by atoms with van der Waals surface area (Å²) in [4.78, 5) is 26.6. The van der Waals surface area contributed by atoms with E-state index < -0.39 is 5.97 Å². The molecule has 1 aromatic heterocycles. The lowest BCUT2D eigenvalue weighted by Crippen LogP contribution is -2.35. The number of carboxylic acids is 1. The maximum atomic E-state index is 12.3. The molecule has 0 aromatic carbocycles. The summed E-state index contributed by atoms with van der Waals surface area (Å²) in [5, 5.41) is 10.6. The van der Waals surface area contributed by atoms with Crippen LogP contribution in [0.25, 0.3) is 6.08 Å². The van der Waals surface area contributed by atoms with E-state index in [0.717, 1.165) is 30.7 Å². The highest BCUT2D eigenvalue weighted by atomic mass is 32.2. The Labute approximate surface area is 148 Å².